The number of esters is 4. The maximum atomic E-state index is 13.4. The van der Waals surface area contributed by atoms with Gasteiger partial charge in [0.15, 0.2) is 0 Å². The van der Waals surface area contributed by atoms with E-state index in [9.17, 15) is 39.6 Å². The van der Waals surface area contributed by atoms with Crippen LogP contribution in [0, 0.1) is 0 Å². The van der Waals surface area contributed by atoms with E-state index < -0.39 is 45.5 Å². The van der Waals surface area contributed by atoms with Gasteiger partial charge in [0.2, 0.25) is 0 Å². The SMILES string of the molecule is CC(C)(C)c1cc2cc(c1O)/C=N/[C@H]1CCCC[C@@H]1/N=C/c1cc(cc(C(C)(C)C)c1O)OC(=O)CCCCCC(=O)Oc1cc(c(O)c(C(C)(C)C)c1)/C=N/[C@H]1CCCC[C@@H]1/N=C/c1cc(cc(C(C)(C)C)c1O)OC(=O)CCCCCC(=O)O2. The van der Waals surface area contributed by atoms with Crippen LogP contribution in [-0.4, -0.2) is 93.3 Å². The lowest BCUT2D eigenvalue weighted by molar-refractivity contribution is -0.136. The predicted octanol–water partition coefficient (Wildman–Crippen LogP) is 14.6. The van der Waals surface area contributed by atoms with Gasteiger partial charge in [0.25, 0.3) is 0 Å². The summed E-state index contributed by atoms with van der Waals surface area (Å²) < 4.78 is 23.6. The highest BCUT2D eigenvalue weighted by atomic mass is 16.5. The van der Waals surface area contributed by atoms with Gasteiger partial charge in [0.05, 0.1) is 24.2 Å². The van der Waals surface area contributed by atoms with Crippen LogP contribution in [-0.2, 0) is 40.8 Å². The number of benzene rings is 4. The van der Waals surface area contributed by atoms with E-state index in [0.29, 0.717) is 83.0 Å². The number of nitrogens with zero attached hydrogens (tertiary/aromatic N) is 4. The third-order valence-electron chi connectivity index (χ3n) is 16.1. The van der Waals surface area contributed by atoms with Crippen molar-refractivity contribution in [3.05, 3.63) is 93.0 Å². The number of hydrogen-bond acceptors (Lipinski definition) is 16. The largest absolute Gasteiger partial charge is 0.507 e. The van der Waals surface area contributed by atoms with E-state index in [0.717, 1.165) is 51.4 Å². The zero-order valence-electron chi connectivity index (χ0n) is 52.8. The molecule has 16 nitrogen and oxygen atoms in total. The highest BCUT2D eigenvalue weighted by Crippen LogP contribution is 2.41. The van der Waals surface area contributed by atoms with Crippen LogP contribution in [0.1, 0.15) is 243 Å². The second kappa shape index (κ2) is 28.4. The normalized spacial score (nSPS) is 22.4. The zero-order valence-corrected chi connectivity index (χ0v) is 52.8. The van der Waals surface area contributed by atoms with Gasteiger partial charge in [0, 0.05) is 95.0 Å². The molecular weight excluding hydrogens is 1090 g/mol. The Bertz CT molecular complexity index is 2800. The minimum Gasteiger partial charge on any atom is -0.507 e. The third-order valence-corrected chi connectivity index (χ3v) is 16.1. The van der Waals surface area contributed by atoms with Crippen molar-refractivity contribution in [1.82, 2.24) is 0 Å². The molecule has 4 aromatic rings. The van der Waals surface area contributed by atoms with E-state index in [1.807, 2.05) is 83.1 Å². The molecule has 0 saturated heterocycles. The summed E-state index contributed by atoms with van der Waals surface area (Å²) in [5.74, 6) is -0.604. The predicted molar refractivity (Wildman–Crippen MR) is 338 cm³/mol. The van der Waals surface area contributed by atoms with Gasteiger partial charge >= 0.3 is 23.9 Å². The number of aromatic hydroxyl groups is 4. The summed E-state index contributed by atoms with van der Waals surface area (Å²) in [6.07, 6.45) is 16.4. The molecule has 0 unspecified atom stereocenters. The summed E-state index contributed by atoms with van der Waals surface area (Å²) >= 11 is 0. The lowest BCUT2D eigenvalue weighted by Gasteiger charge is -2.26. The maximum Gasteiger partial charge on any atom is 0.311 e. The fourth-order valence-electron chi connectivity index (χ4n) is 11.2. The molecule has 2 aliphatic carbocycles. The van der Waals surface area contributed by atoms with E-state index in [-0.39, 0.29) is 95.8 Å². The number of phenolic OH excluding ortho intramolecular Hbond substituents is 4. The molecule has 8 bridgehead atoms. The first-order chi connectivity index (χ1) is 40.4. The molecule has 16 heteroatoms. The average Bonchev–Trinajstić information content (AvgIpc) is 2.57. The van der Waals surface area contributed by atoms with Gasteiger partial charge < -0.3 is 39.4 Å². The first kappa shape index (κ1) is 66.2. The van der Waals surface area contributed by atoms with Crippen molar-refractivity contribution < 1.29 is 58.6 Å². The van der Waals surface area contributed by atoms with Gasteiger partial charge in [-0.3, -0.25) is 39.1 Å². The Morgan fingerprint density at radius 2 is 0.512 bits per heavy atom. The summed E-state index contributed by atoms with van der Waals surface area (Å²) in [5, 5.41) is 46.4. The molecule has 1 aliphatic heterocycles. The van der Waals surface area contributed by atoms with Crippen LogP contribution in [0.15, 0.2) is 68.5 Å². The van der Waals surface area contributed by atoms with E-state index in [4.69, 9.17) is 38.9 Å². The van der Waals surface area contributed by atoms with Gasteiger partial charge in [-0.1, -0.05) is 122 Å². The molecule has 1 heterocycles. The molecule has 4 N–H and O–H groups in total. The molecule has 0 radical (unpaired) electrons. The van der Waals surface area contributed by atoms with Crippen molar-refractivity contribution in [3.8, 4) is 46.0 Å². The first-order valence-electron chi connectivity index (χ1n) is 30.9. The van der Waals surface area contributed by atoms with Gasteiger partial charge in [0.1, 0.15) is 46.0 Å². The molecule has 2 fully saturated rings. The second-order valence-corrected chi connectivity index (χ2v) is 27.6. The molecule has 0 aromatic heterocycles. The molecule has 86 heavy (non-hydrogen) atoms. The highest BCUT2D eigenvalue weighted by molar-refractivity contribution is 5.89. The summed E-state index contributed by atoms with van der Waals surface area (Å²) in [4.78, 5) is 73.4. The monoisotopic (exact) mass is 1180 g/mol. The lowest BCUT2D eigenvalue weighted by atomic mass is 9.85. The molecule has 0 spiro atoms. The number of fused-ring (bicyclic) bond motifs is 10. The lowest BCUT2D eigenvalue weighted by Crippen LogP contribution is -2.27. The van der Waals surface area contributed by atoms with Crippen molar-refractivity contribution in [2.45, 2.75) is 244 Å². The van der Waals surface area contributed by atoms with E-state index >= 15 is 0 Å². The molecule has 3 aliphatic rings. The summed E-state index contributed by atoms with van der Waals surface area (Å²) in [6.45, 7) is 23.5. The molecule has 2 saturated carbocycles. The topological polar surface area (TPSA) is 236 Å². The fourth-order valence-corrected chi connectivity index (χ4v) is 11.2. The minimum absolute atomic E-state index is 0.0315. The van der Waals surface area contributed by atoms with E-state index in [1.54, 1.807) is 73.4 Å². The van der Waals surface area contributed by atoms with Crippen LogP contribution in [0.4, 0.5) is 0 Å². The number of aliphatic imine (C=N–C) groups is 4. The van der Waals surface area contributed by atoms with Crippen LogP contribution < -0.4 is 18.9 Å². The Morgan fingerprint density at radius 1 is 0.314 bits per heavy atom. The Labute approximate surface area is 508 Å². The Balaban J connectivity index is 1.16. The van der Waals surface area contributed by atoms with E-state index in [2.05, 4.69) is 0 Å². The molecule has 464 valence electrons. The van der Waals surface area contributed by atoms with Crippen LogP contribution >= 0.6 is 0 Å². The summed E-state index contributed by atoms with van der Waals surface area (Å²) in [7, 11) is 0. The zero-order chi connectivity index (χ0) is 62.7. The highest BCUT2D eigenvalue weighted by Gasteiger charge is 2.30. The molecule has 4 atom stereocenters. The number of phenols is 4. The number of rotatable bonds is 0. The average molecular weight is 1180 g/mol. The third kappa shape index (κ3) is 18.3. The van der Waals surface area contributed by atoms with Gasteiger partial charge in [-0.25, -0.2) is 0 Å². The van der Waals surface area contributed by atoms with Crippen molar-refractivity contribution in [3.63, 3.8) is 0 Å². The number of carbonyl (C=O) groups is 4. The molecular formula is C70H92N4O12. The number of carbonyl (C=O) groups excluding carboxylic acids is 4. The standard InChI is InChI=1S/C70H92N4O12/c1-67(2,3)51-35-47-31-43(63(51)79)39-71-55-23-19-20-24-56(55)72-40-44-32-48(36-52(64(44)80)68(4,5)6)85-61(77)29-17-14-18-30-62(78)86-50-34-46(66(82)54(38-50)70(10,11)12)42-74-58-26-22-21-25-57(58)73-41-45-33-49(37-53(65(45)81)69(7,8)9)84-60(76)28-16-13-15-27-59(75)83-47/h31-42,55-58,79-82H,13-30H2,1-12H3/b71-39+,72-40+,73-41+,74-42+/t55-,56-,57-,58-/m0/s1. The number of ether oxygens (including phenoxy) is 4. The minimum atomic E-state index is -0.518. The fraction of sp³-hybridized carbons (Fsp3) is 0.543. The molecule has 0 amide bonds. The summed E-state index contributed by atoms with van der Waals surface area (Å²) in [5.41, 5.74) is 1.83. The quantitative estimate of drug-likeness (QED) is 0.0950. The number of hydrogen-bond donors (Lipinski definition) is 4. The van der Waals surface area contributed by atoms with Gasteiger partial charge in [-0.2, -0.15) is 0 Å². The van der Waals surface area contributed by atoms with Crippen LogP contribution in [0.3, 0.4) is 0 Å². The van der Waals surface area contributed by atoms with Crippen LogP contribution in [0.2, 0.25) is 0 Å². The van der Waals surface area contributed by atoms with Crippen molar-refractivity contribution in [1.29, 1.82) is 0 Å². The van der Waals surface area contributed by atoms with Crippen LogP contribution in [0.25, 0.3) is 0 Å². The van der Waals surface area contributed by atoms with E-state index in [1.165, 1.54) is 0 Å². The van der Waals surface area contributed by atoms with Crippen molar-refractivity contribution in [2.75, 3.05) is 0 Å². The summed E-state index contributed by atoms with van der Waals surface area (Å²) in [6, 6.07) is 12.1. The Morgan fingerprint density at radius 3 is 0.698 bits per heavy atom. The molecule has 7 rings (SSSR count). The Kier molecular flexibility index (Phi) is 21.9. The Hall–Kier alpha value is -7.36. The maximum absolute atomic E-state index is 13.4. The van der Waals surface area contributed by atoms with Gasteiger partial charge in [-0.05, 0) is 122 Å². The van der Waals surface area contributed by atoms with Crippen molar-refractivity contribution >= 4 is 48.7 Å². The molecule has 4 aromatic carbocycles. The van der Waals surface area contributed by atoms with Gasteiger partial charge in [-0.15, -0.1) is 0 Å². The first-order valence-corrected chi connectivity index (χ1v) is 30.9. The van der Waals surface area contributed by atoms with Crippen molar-refractivity contribution in [2.24, 2.45) is 20.0 Å². The smallest absolute Gasteiger partial charge is 0.311 e. The second-order valence-electron chi connectivity index (χ2n) is 27.6. The van der Waals surface area contributed by atoms with Crippen LogP contribution in [0.5, 0.6) is 46.0 Å².